The molecule has 19 heavy (non-hydrogen) atoms. The number of anilines is 1. The van der Waals surface area contributed by atoms with Crippen molar-refractivity contribution in [3.8, 4) is 0 Å². The first kappa shape index (κ1) is 15.5. The molecule has 0 unspecified atom stereocenters. The summed E-state index contributed by atoms with van der Waals surface area (Å²) in [6, 6.07) is 4.93. The Morgan fingerprint density at radius 2 is 2.05 bits per heavy atom. The Morgan fingerprint density at radius 3 is 2.63 bits per heavy atom. The van der Waals surface area contributed by atoms with Crippen LogP contribution in [0.5, 0.6) is 0 Å². The van der Waals surface area contributed by atoms with Gasteiger partial charge in [0.15, 0.2) is 0 Å². The number of sulfonamides is 1. The zero-order chi connectivity index (χ0) is 14.5. The molecule has 0 bridgehead atoms. The molecule has 0 radical (unpaired) electrons. The minimum absolute atomic E-state index is 0.100. The molecule has 1 rings (SSSR count). The van der Waals surface area contributed by atoms with E-state index in [0.717, 1.165) is 0 Å². The fraction of sp³-hybridized carbons (Fsp3) is 0.417. The van der Waals surface area contributed by atoms with Crippen LogP contribution in [0.1, 0.15) is 24.8 Å². The Hall–Kier alpha value is -1.60. The molecular weight excluding hydrogens is 268 g/mol. The highest BCUT2D eigenvalue weighted by atomic mass is 32.2. The lowest BCUT2D eigenvalue weighted by atomic mass is 10.2. The molecular formula is C12H18N2O4S. The van der Waals surface area contributed by atoms with Gasteiger partial charge in [0, 0.05) is 18.7 Å². The molecule has 0 heterocycles. The van der Waals surface area contributed by atoms with Crippen LogP contribution < -0.4 is 10.5 Å². The van der Waals surface area contributed by atoms with E-state index in [9.17, 15) is 13.2 Å². The fourth-order valence-electron chi connectivity index (χ4n) is 1.65. The first-order chi connectivity index (χ1) is 8.80. The number of carboxylic acids is 1. The van der Waals surface area contributed by atoms with Gasteiger partial charge in [-0.15, -0.1) is 0 Å². The van der Waals surface area contributed by atoms with Crippen molar-refractivity contribution in [1.29, 1.82) is 0 Å². The van der Waals surface area contributed by atoms with Gasteiger partial charge < -0.3 is 10.4 Å². The third-order valence-electron chi connectivity index (χ3n) is 2.64. The summed E-state index contributed by atoms with van der Waals surface area (Å²) >= 11 is 0. The summed E-state index contributed by atoms with van der Waals surface area (Å²) in [6.07, 6.45) is 1.42. The van der Waals surface area contributed by atoms with Gasteiger partial charge in [0.05, 0.1) is 4.90 Å². The van der Waals surface area contributed by atoms with E-state index in [-0.39, 0.29) is 11.3 Å². The minimum atomic E-state index is -3.72. The van der Waals surface area contributed by atoms with Gasteiger partial charge in [-0.3, -0.25) is 4.79 Å². The number of hydrogen-bond donors (Lipinski definition) is 3. The van der Waals surface area contributed by atoms with Crippen molar-refractivity contribution in [2.24, 2.45) is 5.14 Å². The van der Waals surface area contributed by atoms with Crippen LogP contribution in [0.2, 0.25) is 0 Å². The molecule has 0 aliphatic heterocycles. The van der Waals surface area contributed by atoms with Crippen LogP contribution in [0, 0.1) is 6.92 Å². The number of nitrogens with two attached hydrogens (primary N) is 1. The summed E-state index contributed by atoms with van der Waals surface area (Å²) in [5.74, 6) is -0.813. The average Bonchev–Trinajstić information content (AvgIpc) is 2.28. The van der Waals surface area contributed by atoms with Crippen molar-refractivity contribution in [3.05, 3.63) is 23.8 Å². The van der Waals surface area contributed by atoms with Gasteiger partial charge in [-0.25, -0.2) is 13.6 Å². The Balaban J connectivity index is 2.58. The molecule has 0 aromatic heterocycles. The van der Waals surface area contributed by atoms with Crippen LogP contribution in [0.3, 0.4) is 0 Å². The molecule has 0 spiro atoms. The molecule has 0 saturated heterocycles. The lowest BCUT2D eigenvalue weighted by molar-refractivity contribution is -0.137. The van der Waals surface area contributed by atoms with Gasteiger partial charge in [0.2, 0.25) is 10.0 Å². The van der Waals surface area contributed by atoms with E-state index in [1.54, 1.807) is 19.1 Å². The maximum absolute atomic E-state index is 11.3. The number of benzene rings is 1. The highest BCUT2D eigenvalue weighted by Crippen LogP contribution is 2.18. The number of carbonyl (C=O) groups is 1. The second-order valence-electron chi connectivity index (χ2n) is 4.30. The molecule has 0 amide bonds. The monoisotopic (exact) mass is 286 g/mol. The van der Waals surface area contributed by atoms with E-state index in [1.807, 2.05) is 0 Å². The summed E-state index contributed by atoms with van der Waals surface area (Å²) in [7, 11) is -3.72. The van der Waals surface area contributed by atoms with E-state index in [0.29, 0.717) is 30.6 Å². The second kappa shape index (κ2) is 6.53. The second-order valence-corrected chi connectivity index (χ2v) is 5.83. The maximum atomic E-state index is 11.3. The predicted molar refractivity (Wildman–Crippen MR) is 72.5 cm³/mol. The Morgan fingerprint density at radius 1 is 1.37 bits per heavy atom. The molecule has 1 aromatic carbocycles. The SMILES string of the molecule is Cc1ccc(NCCCCC(=O)O)cc1S(N)(=O)=O. The van der Waals surface area contributed by atoms with Crippen LogP contribution >= 0.6 is 0 Å². The van der Waals surface area contributed by atoms with Crippen LogP contribution in [-0.4, -0.2) is 26.0 Å². The standard InChI is InChI=1S/C12H18N2O4S/c1-9-5-6-10(8-11(9)19(13,17)18)14-7-3-2-4-12(15)16/h5-6,8,14H,2-4,7H2,1H3,(H,15,16)(H2,13,17,18). The molecule has 0 aliphatic carbocycles. The van der Waals surface area contributed by atoms with Gasteiger partial charge >= 0.3 is 5.97 Å². The third-order valence-corrected chi connectivity index (χ3v) is 3.69. The number of nitrogens with one attached hydrogen (secondary N) is 1. The highest BCUT2D eigenvalue weighted by Gasteiger charge is 2.11. The molecule has 106 valence electrons. The quantitative estimate of drug-likeness (QED) is 0.655. The molecule has 1 aromatic rings. The van der Waals surface area contributed by atoms with Gasteiger partial charge in [-0.1, -0.05) is 6.07 Å². The molecule has 0 atom stereocenters. The average molecular weight is 286 g/mol. The minimum Gasteiger partial charge on any atom is -0.481 e. The molecule has 4 N–H and O–H groups in total. The van der Waals surface area contributed by atoms with Crippen molar-refractivity contribution < 1.29 is 18.3 Å². The van der Waals surface area contributed by atoms with Gasteiger partial charge in [-0.2, -0.15) is 0 Å². The lowest BCUT2D eigenvalue weighted by Crippen LogP contribution is -2.14. The highest BCUT2D eigenvalue weighted by molar-refractivity contribution is 7.89. The van der Waals surface area contributed by atoms with Gasteiger partial charge in [0.25, 0.3) is 0 Å². The summed E-state index contributed by atoms with van der Waals surface area (Å²) in [5, 5.41) is 16.6. The molecule has 0 fully saturated rings. The molecule has 0 aliphatic rings. The zero-order valence-corrected chi connectivity index (χ0v) is 11.5. The zero-order valence-electron chi connectivity index (χ0n) is 10.7. The number of carboxylic acid groups (broad SMARTS) is 1. The summed E-state index contributed by atoms with van der Waals surface area (Å²) in [4.78, 5) is 10.4. The number of primary sulfonamides is 1. The van der Waals surface area contributed by atoms with Crippen molar-refractivity contribution in [2.45, 2.75) is 31.1 Å². The Kier molecular flexibility index (Phi) is 5.31. The van der Waals surface area contributed by atoms with E-state index < -0.39 is 16.0 Å². The van der Waals surface area contributed by atoms with E-state index in [4.69, 9.17) is 10.2 Å². The van der Waals surface area contributed by atoms with Crippen LogP contribution in [0.25, 0.3) is 0 Å². The lowest BCUT2D eigenvalue weighted by Gasteiger charge is -2.09. The molecule has 6 nitrogen and oxygen atoms in total. The smallest absolute Gasteiger partial charge is 0.303 e. The molecule has 7 heteroatoms. The number of hydrogen-bond acceptors (Lipinski definition) is 4. The van der Waals surface area contributed by atoms with Gasteiger partial charge in [0.1, 0.15) is 0 Å². The van der Waals surface area contributed by atoms with E-state index in [2.05, 4.69) is 5.32 Å². The van der Waals surface area contributed by atoms with Crippen LogP contribution in [-0.2, 0) is 14.8 Å². The first-order valence-electron chi connectivity index (χ1n) is 5.90. The summed E-state index contributed by atoms with van der Waals surface area (Å²) in [6.45, 7) is 2.26. The maximum Gasteiger partial charge on any atom is 0.303 e. The van der Waals surface area contributed by atoms with Crippen molar-refractivity contribution in [3.63, 3.8) is 0 Å². The van der Waals surface area contributed by atoms with Crippen molar-refractivity contribution in [2.75, 3.05) is 11.9 Å². The van der Waals surface area contributed by atoms with Crippen molar-refractivity contribution in [1.82, 2.24) is 0 Å². The number of aryl methyl sites for hydroxylation is 1. The summed E-state index contributed by atoms with van der Waals surface area (Å²) in [5.41, 5.74) is 1.25. The fourth-order valence-corrected chi connectivity index (χ4v) is 2.46. The van der Waals surface area contributed by atoms with Crippen LogP contribution in [0.15, 0.2) is 23.1 Å². The normalized spacial score (nSPS) is 11.3. The third kappa shape index (κ3) is 5.27. The predicted octanol–water partition coefficient (Wildman–Crippen LogP) is 1.31. The number of unbranched alkanes of at least 4 members (excludes halogenated alkanes) is 1. The topological polar surface area (TPSA) is 109 Å². The first-order valence-corrected chi connectivity index (χ1v) is 7.44. The van der Waals surface area contributed by atoms with E-state index in [1.165, 1.54) is 6.07 Å². The number of aliphatic carboxylic acids is 1. The number of rotatable bonds is 7. The summed E-state index contributed by atoms with van der Waals surface area (Å²) < 4.78 is 22.7. The van der Waals surface area contributed by atoms with Gasteiger partial charge in [-0.05, 0) is 37.5 Å². The van der Waals surface area contributed by atoms with E-state index >= 15 is 0 Å². The Bertz CT molecular complexity index is 555. The molecule has 0 saturated carbocycles. The Labute approximate surface area is 112 Å². The largest absolute Gasteiger partial charge is 0.481 e. The van der Waals surface area contributed by atoms with Crippen molar-refractivity contribution >= 4 is 21.7 Å². The van der Waals surface area contributed by atoms with Crippen LogP contribution in [0.4, 0.5) is 5.69 Å².